The zero-order valence-corrected chi connectivity index (χ0v) is 8.08. The van der Waals surface area contributed by atoms with Gasteiger partial charge in [-0.3, -0.25) is 4.79 Å². The predicted octanol–water partition coefficient (Wildman–Crippen LogP) is -1.09. The van der Waals surface area contributed by atoms with E-state index in [1.807, 2.05) is 0 Å². The molecule has 1 fully saturated rings. The van der Waals surface area contributed by atoms with E-state index in [9.17, 15) is 9.90 Å². The quantitative estimate of drug-likeness (QED) is 0.589. The zero-order chi connectivity index (χ0) is 10.6. The molecule has 1 saturated heterocycles. The van der Waals surface area contributed by atoms with Gasteiger partial charge in [-0.05, 0) is 0 Å². The first kappa shape index (κ1) is 11.4. The van der Waals surface area contributed by atoms with E-state index in [2.05, 4.69) is 0 Å². The van der Waals surface area contributed by atoms with Gasteiger partial charge in [-0.15, -0.1) is 0 Å². The maximum atomic E-state index is 10.2. The third-order valence-electron chi connectivity index (χ3n) is 2.19. The number of carbonyl (C=O) groups excluding carboxylic acids is 1. The summed E-state index contributed by atoms with van der Waals surface area (Å²) in [5.41, 5.74) is 0. The molecule has 0 bridgehead atoms. The molecule has 0 aromatic rings. The Morgan fingerprint density at radius 3 is 2.57 bits per heavy atom. The number of carbonyl (C=O) groups is 1. The Labute approximate surface area is 81.7 Å². The van der Waals surface area contributed by atoms with Crippen LogP contribution < -0.4 is 0 Å². The SMILES string of the molecule is CO[C@H]1[C@H](OC=O)[C@H](OC)CO[C@@H]1O. The summed E-state index contributed by atoms with van der Waals surface area (Å²) >= 11 is 0. The summed E-state index contributed by atoms with van der Waals surface area (Å²) in [7, 11) is 2.87. The zero-order valence-electron chi connectivity index (χ0n) is 8.08. The van der Waals surface area contributed by atoms with Crippen molar-refractivity contribution < 1.29 is 28.8 Å². The lowest BCUT2D eigenvalue weighted by atomic mass is 10.1. The highest BCUT2D eigenvalue weighted by molar-refractivity contribution is 5.37. The molecule has 14 heavy (non-hydrogen) atoms. The van der Waals surface area contributed by atoms with Gasteiger partial charge in [0.05, 0.1) is 6.61 Å². The van der Waals surface area contributed by atoms with E-state index in [-0.39, 0.29) is 6.61 Å². The summed E-state index contributed by atoms with van der Waals surface area (Å²) in [4.78, 5) is 10.2. The van der Waals surface area contributed by atoms with Crippen molar-refractivity contribution in [1.29, 1.82) is 0 Å². The molecule has 6 nitrogen and oxygen atoms in total. The van der Waals surface area contributed by atoms with Crippen molar-refractivity contribution in [2.45, 2.75) is 24.6 Å². The summed E-state index contributed by atoms with van der Waals surface area (Å²) in [5, 5.41) is 9.38. The second-order valence-electron chi connectivity index (χ2n) is 2.90. The summed E-state index contributed by atoms with van der Waals surface area (Å²) in [6.07, 6.45) is -2.89. The van der Waals surface area contributed by atoms with Crippen LogP contribution in [0.1, 0.15) is 0 Å². The molecule has 1 rings (SSSR count). The van der Waals surface area contributed by atoms with Crippen molar-refractivity contribution in [3.63, 3.8) is 0 Å². The van der Waals surface area contributed by atoms with Crippen LogP contribution in [0.3, 0.4) is 0 Å². The second kappa shape index (κ2) is 5.26. The largest absolute Gasteiger partial charge is 0.459 e. The molecule has 0 radical (unpaired) electrons. The summed E-state index contributed by atoms with van der Waals surface area (Å²) in [6.45, 7) is 0.469. The van der Waals surface area contributed by atoms with E-state index in [0.29, 0.717) is 6.47 Å². The highest BCUT2D eigenvalue weighted by Gasteiger charge is 2.41. The van der Waals surface area contributed by atoms with E-state index in [4.69, 9.17) is 18.9 Å². The molecule has 1 aliphatic heterocycles. The number of hydrogen-bond donors (Lipinski definition) is 1. The maximum absolute atomic E-state index is 10.2. The smallest absolute Gasteiger partial charge is 0.293 e. The molecule has 1 heterocycles. The average Bonchev–Trinajstić information content (AvgIpc) is 2.19. The topological polar surface area (TPSA) is 74.2 Å². The number of ether oxygens (including phenoxy) is 4. The van der Waals surface area contributed by atoms with Crippen molar-refractivity contribution in [2.24, 2.45) is 0 Å². The molecular formula is C8H14O6. The van der Waals surface area contributed by atoms with Crippen molar-refractivity contribution in [3.05, 3.63) is 0 Å². The Morgan fingerprint density at radius 1 is 1.36 bits per heavy atom. The van der Waals surface area contributed by atoms with Crippen LogP contribution in [0.15, 0.2) is 0 Å². The van der Waals surface area contributed by atoms with E-state index in [1.165, 1.54) is 14.2 Å². The van der Waals surface area contributed by atoms with E-state index in [0.717, 1.165) is 0 Å². The lowest BCUT2D eigenvalue weighted by molar-refractivity contribution is -0.265. The molecule has 0 aromatic heterocycles. The second-order valence-corrected chi connectivity index (χ2v) is 2.90. The van der Waals surface area contributed by atoms with Gasteiger partial charge in [-0.1, -0.05) is 0 Å². The molecule has 1 N–H and O–H groups in total. The monoisotopic (exact) mass is 206 g/mol. The van der Waals surface area contributed by atoms with Gasteiger partial charge in [-0.25, -0.2) is 0 Å². The van der Waals surface area contributed by atoms with Crippen LogP contribution in [0.4, 0.5) is 0 Å². The van der Waals surface area contributed by atoms with E-state index >= 15 is 0 Å². The number of methoxy groups -OCH3 is 2. The lowest BCUT2D eigenvalue weighted by Gasteiger charge is -2.37. The van der Waals surface area contributed by atoms with Crippen molar-refractivity contribution >= 4 is 6.47 Å². The number of aliphatic hydroxyl groups excluding tert-OH is 1. The highest BCUT2D eigenvalue weighted by Crippen LogP contribution is 2.20. The third kappa shape index (κ3) is 2.21. The van der Waals surface area contributed by atoms with Crippen LogP contribution in [-0.2, 0) is 23.7 Å². The van der Waals surface area contributed by atoms with Gasteiger partial charge in [-0.2, -0.15) is 0 Å². The van der Waals surface area contributed by atoms with Gasteiger partial charge in [0, 0.05) is 14.2 Å². The maximum Gasteiger partial charge on any atom is 0.293 e. The molecule has 6 heteroatoms. The molecule has 4 atom stereocenters. The Kier molecular flexibility index (Phi) is 4.27. The standard InChI is InChI=1S/C8H14O6/c1-11-5-3-13-8(10)7(12-2)6(5)14-4-9/h4-8,10H,3H2,1-2H3/t5-,6-,7+,8+/m1/s1. The molecule has 0 spiro atoms. The molecule has 0 saturated carbocycles. The van der Waals surface area contributed by atoms with Gasteiger partial charge >= 0.3 is 0 Å². The molecule has 0 unspecified atom stereocenters. The molecule has 0 aromatic carbocycles. The first-order valence-corrected chi connectivity index (χ1v) is 4.19. The average molecular weight is 206 g/mol. The van der Waals surface area contributed by atoms with Gasteiger partial charge < -0.3 is 24.1 Å². The highest BCUT2D eigenvalue weighted by atomic mass is 16.7. The number of hydrogen-bond acceptors (Lipinski definition) is 6. The van der Waals surface area contributed by atoms with Crippen LogP contribution in [0.25, 0.3) is 0 Å². The predicted molar refractivity (Wildman–Crippen MR) is 44.5 cm³/mol. The Bertz CT molecular complexity index is 185. The minimum atomic E-state index is -1.10. The van der Waals surface area contributed by atoms with Crippen LogP contribution in [0, 0.1) is 0 Å². The van der Waals surface area contributed by atoms with E-state index < -0.39 is 24.6 Å². The van der Waals surface area contributed by atoms with Gasteiger partial charge in [0.2, 0.25) is 0 Å². The molecule has 1 aliphatic rings. The van der Waals surface area contributed by atoms with Crippen LogP contribution in [0.2, 0.25) is 0 Å². The lowest BCUT2D eigenvalue weighted by Crippen LogP contribution is -2.55. The van der Waals surface area contributed by atoms with Crippen molar-refractivity contribution in [3.8, 4) is 0 Å². The normalized spacial score (nSPS) is 37.9. The van der Waals surface area contributed by atoms with Crippen LogP contribution in [-0.4, -0.2) is 57.0 Å². The number of rotatable bonds is 4. The molecule has 82 valence electrons. The van der Waals surface area contributed by atoms with E-state index in [1.54, 1.807) is 0 Å². The van der Waals surface area contributed by atoms with Crippen LogP contribution >= 0.6 is 0 Å². The first-order chi connectivity index (χ1) is 6.74. The fourth-order valence-electron chi connectivity index (χ4n) is 1.44. The van der Waals surface area contributed by atoms with Crippen molar-refractivity contribution in [1.82, 2.24) is 0 Å². The first-order valence-electron chi connectivity index (χ1n) is 4.19. The summed E-state index contributed by atoms with van der Waals surface area (Å²) < 4.78 is 19.8. The van der Waals surface area contributed by atoms with Gasteiger partial charge in [0.15, 0.2) is 12.4 Å². The fourth-order valence-corrected chi connectivity index (χ4v) is 1.44. The van der Waals surface area contributed by atoms with Crippen LogP contribution in [0.5, 0.6) is 0 Å². The minimum Gasteiger partial charge on any atom is -0.459 e. The minimum absolute atomic E-state index is 0.163. The molecule has 0 aliphatic carbocycles. The fraction of sp³-hybridized carbons (Fsp3) is 0.875. The Balaban J connectivity index is 2.69. The van der Waals surface area contributed by atoms with Gasteiger partial charge in [0.25, 0.3) is 6.47 Å². The Hall–Kier alpha value is -0.690. The Morgan fingerprint density at radius 2 is 2.07 bits per heavy atom. The molecular weight excluding hydrogens is 192 g/mol. The van der Waals surface area contributed by atoms with Gasteiger partial charge in [0.1, 0.15) is 12.2 Å². The molecule has 0 amide bonds. The summed E-state index contributed by atoms with van der Waals surface area (Å²) in [5.74, 6) is 0. The summed E-state index contributed by atoms with van der Waals surface area (Å²) in [6, 6.07) is 0. The third-order valence-corrected chi connectivity index (χ3v) is 2.19. The number of aliphatic hydroxyl groups is 1. The van der Waals surface area contributed by atoms with Crippen molar-refractivity contribution in [2.75, 3.05) is 20.8 Å².